The summed E-state index contributed by atoms with van der Waals surface area (Å²) in [6.45, 7) is 6.30. The van der Waals surface area contributed by atoms with Crippen molar-refractivity contribution in [2.24, 2.45) is 0 Å². The van der Waals surface area contributed by atoms with E-state index in [-0.39, 0.29) is 5.82 Å². The van der Waals surface area contributed by atoms with E-state index in [1.165, 1.54) is 17.6 Å². The summed E-state index contributed by atoms with van der Waals surface area (Å²) in [5.41, 5.74) is 1.64. The third kappa shape index (κ3) is 5.55. The van der Waals surface area contributed by atoms with E-state index < -0.39 is 0 Å². The van der Waals surface area contributed by atoms with E-state index in [9.17, 15) is 4.39 Å². The average Bonchev–Trinajstić information content (AvgIpc) is 3.25. The third-order valence-electron chi connectivity index (χ3n) is 5.29. The molecule has 158 valence electrons. The Balaban J connectivity index is 1.16. The number of benzene rings is 2. The fourth-order valence-corrected chi connectivity index (χ4v) is 4.41. The van der Waals surface area contributed by atoms with E-state index in [0.717, 1.165) is 62.2 Å². The van der Waals surface area contributed by atoms with Gasteiger partial charge in [0.1, 0.15) is 5.82 Å². The Labute approximate surface area is 185 Å². The van der Waals surface area contributed by atoms with Gasteiger partial charge >= 0.3 is 0 Å². The van der Waals surface area contributed by atoms with Crippen molar-refractivity contribution in [2.75, 3.05) is 44.6 Å². The lowest BCUT2D eigenvalue weighted by Crippen LogP contribution is -2.46. The van der Waals surface area contributed by atoms with Crippen LogP contribution in [0.1, 0.15) is 12.0 Å². The zero-order valence-corrected chi connectivity index (χ0v) is 18.3. The molecule has 0 spiro atoms. The van der Waals surface area contributed by atoms with Gasteiger partial charge in [0.25, 0.3) is 0 Å². The lowest BCUT2D eigenvalue weighted by molar-refractivity contribution is 0.126. The van der Waals surface area contributed by atoms with E-state index in [0.29, 0.717) is 17.1 Å². The van der Waals surface area contributed by atoms with Crippen molar-refractivity contribution in [2.45, 2.75) is 13.0 Å². The van der Waals surface area contributed by atoms with Crippen molar-refractivity contribution in [3.63, 3.8) is 0 Å². The molecule has 2 heterocycles. The monoisotopic (exact) mass is 445 g/mol. The molecule has 0 amide bonds. The summed E-state index contributed by atoms with van der Waals surface area (Å²) in [6, 6.07) is 14.9. The van der Waals surface area contributed by atoms with E-state index in [2.05, 4.69) is 24.5 Å². The summed E-state index contributed by atoms with van der Waals surface area (Å²) < 4.78 is 18.4. The molecule has 1 fully saturated rings. The second-order valence-corrected chi connectivity index (χ2v) is 8.55. The number of aromatic nitrogens is 2. The zero-order valence-electron chi connectivity index (χ0n) is 16.7. The Hall–Kier alpha value is -2.06. The molecule has 8 heteroatoms. The zero-order chi connectivity index (χ0) is 20.8. The number of nitrogens with one attached hydrogen (secondary N) is 1. The minimum Gasteiger partial charge on any atom is -0.360 e. The lowest BCUT2D eigenvalue weighted by Gasteiger charge is -2.34. The standard InChI is InChI=1S/C22H25ClFN5S/c23-19-8-4-9-20(24)18(19)16-29-14-12-28(13-15-29)11-5-10-25-22-26-21(27-30-22)17-6-2-1-3-7-17/h1-4,6-9H,5,10-16H2,(H,25,26,27). The van der Waals surface area contributed by atoms with Crippen LogP contribution in [0.15, 0.2) is 48.5 Å². The van der Waals surface area contributed by atoms with Crippen LogP contribution in [0.4, 0.5) is 9.52 Å². The van der Waals surface area contributed by atoms with Crippen LogP contribution in [-0.4, -0.2) is 58.4 Å². The van der Waals surface area contributed by atoms with Gasteiger partial charge < -0.3 is 10.2 Å². The first-order valence-electron chi connectivity index (χ1n) is 10.2. The SMILES string of the molecule is Fc1cccc(Cl)c1CN1CCN(CCCNc2nc(-c3ccccc3)ns2)CC1. The van der Waals surface area contributed by atoms with Crippen molar-refractivity contribution < 1.29 is 4.39 Å². The van der Waals surface area contributed by atoms with Crippen molar-refractivity contribution in [3.8, 4) is 11.4 Å². The first-order valence-corrected chi connectivity index (χ1v) is 11.3. The van der Waals surface area contributed by atoms with Gasteiger partial charge in [-0.15, -0.1) is 0 Å². The van der Waals surface area contributed by atoms with E-state index in [1.54, 1.807) is 12.1 Å². The topological polar surface area (TPSA) is 44.3 Å². The number of hydrogen-bond donors (Lipinski definition) is 1. The molecule has 0 atom stereocenters. The Bertz CT molecular complexity index is 923. The van der Waals surface area contributed by atoms with Crippen LogP contribution in [0.5, 0.6) is 0 Å². The van der Waals surface area contributed by atoms with Gasteiger partial charge in [0.2, 0.25) is 5.13 Å². The Morgan fingerprint density at radius 3 is 2.53 bits per heavy atom. The summed E-state index contributed by atoms with van der Waals surface area (Å²) in [7, 11) is 0. The predicted molar refractivity (Wildman–Crippen MR) is 122 cm³/mol. The number of nitrogens with zero attached hydrogens (tertiary/aromatic N) is 4. The molecule has 1 saturated heterocycles. The fourth-order valence-electron chi connectivity index (χ4n) is 3.58. The Morgan fingerprint density at radius 2 is 1.77 bits per heavy atom. The van der Waals surface area contributed by atoms with Crippen LogP contribution in [0.2, 0.25) is 5.02 Å². The lowest BCUT2D eigenvalue weighted by atomic mass is 10.2. The van der Waals surface area contributed by atoms with Crippen LogP contribution < -0.4 is 5.32 Å². The molecule has 1 N–H and O–H groups in total. The summed E-state index contributed by atoms with van der Waals surface area (Å²) in [5, 5.41) is 4.75. The van der Waals surface area contributed by atoms with Crippen LogP contribution in [0.3, 0.4) is 0 Å². The molecule has 30 heavy (non-hydrogen) atoms. The second kappa shape index (κ2) is 10.3. The Kier molecular flexibility index (Phi) is 7.28. The molecule has 3 aromatic rings. The molecule has 5 nitrogen and oxygen atoms in total. The molecule has 1 aromatic heterocycles. The van der Waals surface area contributed by atoms with E-state index in [1.807, 2.05) is 30.3 Å². The number of halogens is 2. The maximum atomic E-state index is 14.0. The fraction of sp³-hybridized carbons (Fsp3) is 0.364. The van der Waals surface area contributed by atoms with Crippen LogP contribution in [0, 0.1) is 5.82 Å². The van der Waals surface area contributed by atoms with E-state index >= 15 is 0 Å². The summed E-state index contributed by atoms with van der Waals surface area (Å²) in [6.07, 6.45) is 1.04. The highest BCUT2D eigenvalue weighted by Gasteiger charge is 2.19. The van der Waals surface area contributed by atoms with Gasteiger partial charge in [-0.1, -0.05) is 48.0 Å². The number of anilines is 1. The molecular weight excluding hydrogens is 421 g/mol. The van der Waals surface area contributed by atoms with Gasteiger partial charge in [0.05, 0.1) is 0 Å². The average molecular weight is 446 g/mol. The first kappa shape index (κ1) is 21.2. The number of hydrogen-bond acceptors (Lipinski definition) is 6. The smallest absolute Gasteiger partial charge is 0.202 e. The van der Waals surface area contributed by atoms with Crippen molar-refractivity contribution in [1.82, 2.24) is 19.2 Å². The molecular formula is C22H25ClFN5S. The minimum absolute atomic E-state index is 0.219. The molecule has 0 bridgehead atoms. The second-order valence-electron chi connectivity index (χ2n) is 7.39. The maximum Gasteiger partial charge on any atom is 0.202 e. The summed E-state index contributed by atoms with van der Waals surface area (Å²) in [5.74, 6) is 0.553. The van der Waals surface area contributed by atoms with Gasteiger partial charge in [0.15, 0.2) is 5.82 Å². The van der Waals surface area contributed by atoms with Gasteiger partial charge in [-0.2, -0.15) is 9.36 Å². The third-order valence-corrected chi connectivity index (χ3v) is 6.32. The molecule has 1 aliphatic rings. The highest BCUT2D eigenvalue weighted by atomic mass is 35.5. The normalized spacial score (nSPS) is 15.4. The minimum atomic E-state index is -0.219. The number of piperazine rings is 1. The van der Waals surface area contributed by atoms with Crippen molar-refractivity contribution in [3.05, 3.63) is 64.9 Å². The summed E-state index contributed by atoms with van der Waals surface area (Å²) in [4.78, 5) is 9.29. The van der Waals surface area contributed by atoms with Crippen LogP contribution in [-0.2, 0) is 6.54 Å². The van der Waals surface area contributed by atoms with Crippen molar-refractivity contribution >= 4 is 28.3 Å². The first-order chi connectivity index (χ1) is 14.7. The van der Waals surface area contributed by atoms with Crippen LogP contribution in [0.25, 0.3) is 11.4 Å². The molecule has 2 aromatic carbocycles. The Morgan fingerprint density at radius 1 is 1.00 bits per heavy atom. The van der Waals surface area contributed by atoms with Gasteiger partial charge in [-0.25, -0.2) is 4.39 Å². The van der Waals surface area contributed by atoms with E-state index in [4.69, 9.17) is 11.6 Å². The van der Waals surface area contributed by atoms with Gasteiger partial charge in [-0.3, -0.25) is 4.90 Å². The van der Waals surface area contributed by atoms with Crippen LogP contribution >= 0.6 is 23.1 Å². The van der Waals surface area contributed by atoms with Gasteiger partial charge in [-0.05, 0) is 25.1 Å². The quantitative estimate of drug-likeness (QED) is 0.512. The van der Waals surface area contributed by atoms with Gasteiger partial charge in [0, 0.05) is 67.0 Å². The molecule has 4 rings (SSSR count). The molecule has 0 unspecified atom stereocenters. The molecule has 0 saturated carbocycles. The van der Waals surface area contributed by atoms with Crippen molar-refractivity contribution in [1.29, 1.82) is 0 Å². The summed E-state index contributed by atoms with van der Waals surface area (Å²) >= 11 is 7.56. The highest BCUT2D eigenvalue weighted by molar-refractivity contribution is 7.09. The number of rotatable bonds is 8. The molecule has 0 radical (unpaired) electrons. The highest BCUT2D eigenvalue weighted by Crippen LogP contribution is 2.22. The molecule has 0 aliphatic carbocycles. The predicted octanol–water partition coefficient (Wildman–Crippen LogP) is 4.62. The largest absolute Gasteiger partial charge is 0.360 e. The maximum absolute atomic E-state index is 14.0. The molecule has 1 aliphatic heterocycles.